The van der Waals surface area contributed by atoms with Crippen molar-refractivity contribution in [3.63, 3.8) is 0 Å². The first-order valence-corrected chi connectivity index (χ1v) is 11.3. The second kappa shape index (κ2) is 10.1. The van der Waals surface area contributed by atoms with Crippen LogP contribution >= 0.6 is 11.3 Å². The molecule has 0 aliphatic carbocycles. The van der Waals surface area contributed by atoms with Gasteiger partial charge in [-0.05, 0) is 31.5 Å². The molecule has 3 amide bonds. The van der Waals surface area contributed by atoms with Gasteiger partial charge in [-0.25, -0.2) is 19.0 Å². The molecule has 1 aromatic heterocycles. The normalized spacial score (nSPS) is 18.8. The minimum Gasteiger partial charge on any atom is -0.444 e. The summed E-state index contributed by atoms with van der Waals surface area (Å²) in [5.74, 6) is -0.475. The molecule has 2 fully saturated rings. The lowest BCUT2D eigenvalue weighted by atomic mass is 10.1. The van der Waals surface area contributed by atoms with E-state index < -0.39 is 24.0 Å². The molecule has 0 radical (unpaired) electrons. The molecule has 1 atom stereocenters. The van der Waals surface area contributed by atoms with Crippen molar-refractivity contribution in [1.82, 2.24) is 15.3 Å². The number of ether oxygens (including phenoxy) is 1. The Bertz CT molecular complexity index is 1020. The fourth-order valence-corrected chi connectivity index (χ4v) is 4.03. The van der Waals surface area contributed by atoms with Gasteiger partial charge in [-0.3, -0.25) is 15.1 Å². The highest BCUT2D eigenvalue weighted by Crippen LogP contribution is 2.29. The van der Waals surface area contributed by atoms with E-state index in [-0.39, 0.29) is 25.5 Å². The number of cyclic esters (lactones) is 1. The SMILES string of the molecule is CC(=O)CC[C@H]1CN(c2ccc(N3CCON(C(=O)Nc4nncs4)CC3)c(F)c2)C(=O)O1. The molecule has 176 valence electrons. The van der Waals surface area contributed by atoms with Crippen LogP contribution in [0.5, 0.6) is 0 Å². The van der Waals surface area contributed by atoms with Gasteiger partial charge in [0.2, 0.25) is 5.13 Å². The molecule has 2 aliphatic rings. The molecule has 2 aromatic rings. The number of benzene rings is 1. The van der Waals surface area contributed by atoms with Crippen LogP contribution in [0.2, 0.25) is 0 Å². The van der Waals surface area contributed by atoms with Crippen LogP contribution < -0.4 is 15.1 Å². The van der Waals surface area contributed by atoms with Crippen LogP contribution in [-0.2, 0) is 14.4 Å². The van der Waals surface area contributed by atoms with Crippen molar-refractivity contribution in [3.05, 3.63) is 29.5 Å². The fraction of sp³-hybridized carbons (Fsp3) is 0.450. The third-order valence-electron chi connectivity index (χ3n) is 5.26. The number of carbonyl (C=O) groups is 3. The Hall–Kier alpha value is -3.32. The van der Waals surface area contributed by atoms with Crippen molar-refractivity contribution in [1.29, 1.82) is 0 Å². The maximum absolute atomic E-state index is 15.0. The molecular weight excluding hydrogens is 455 g/mol. The van der Waals surface area contributed by atoms with Gasteiger partial charge in [0, 0.05) is 19.5 Å². The van der Waals surface area contributed by atoms with Gasteiger partial charge in [0.15, 0.2) is 0 Å². The number of nitrogens with zero attached hydrogens (tertiary/aromatic N) is 5. The summed E-state index contributed by atoms with van der Waals surface area (Å²) in [6.07, 6.45) is -0.193. The van der Waals surface area contributed by atoms with E-state index in [0.29, 0.717) is 42.4 Å². The predicted molar refractivity (Wildman–Crippen MR) is 118 cm³/mol. The third-order valence-corrected chi connectivity index (χ3v) is 5.86. The molecule has 1 N–H and O–H groups in total. The van der Waals surface area contributed by atoms with Gasteiger partial charge in [-0.15, -0.1) is 10.2 Å². The first-order valence-electron chi connectivity index (χ1n) is 10.4. The highest BCUT2D eigenvalue weighted by molar-refractivity contribution is 7.13. The minimum atomic E-state index is -0.559. The Balaban J connectivity index is 1.37. The van der Waals surface area contributed by atoms with Crippen molar-refractivity contribution in [2.24, 2.45) is 0 Å². The van der Waals surface area contributed by atoms with Crippen molar-refractivity contribution in [2.45, 2.75) is 25.9 Å². The molecule has 4 rings (SSSR count). The van der Waals surface area contributed by atoms with E-state index in [2.05, 4.69) is 15.5 Å². The molecule has 33 heavy (non-hydrogen) atoms. The van der Waals surface area contributed by atoms with Crippen molar-refractivity contribution in [2.75, 3.05) is 47.9 Å². The summed E-state index contributed by atoms with van der Waals surface area (Å²) in [4.78, 5) is 44.3. The van der Waals surface area contributed by atoms with Crippen LogP contribution in [0.1, 0.15) is 19.8 Å². The van der Waals surface area contributed by atoms with Crippen LogP contribution in [0.3, 0.4) is 0 Å². The summed E-state index contributed by atoms with van der Waals surface area (Å²) >= 11 is 1.19. The number of carbonyl (C=O) groups excluding carboxylic acids is 3. The lowest BCUT2D eigenvalue weighted by Crippen LogP contribution is -2.37. The molecule has 3 heterocycles. The molecule has 0 unspecified atom stereocenters. The molecule has 1 aromatic carbocycles. The number of nitrogens with one attached hydrogen (secondary N) is 1. The minimum absolute atomic E-state index is 0.0255. The van der Waals surface area contributed by atoms with Gasteiger partial charge in [0.25, 0.3) is 0 Å². The lowest BCUT2D eigenvalue weighted by Gasteiger charge is -2.23. The molecule has 11 nitrogen and oxygen atoms in total. The molecule has 0 bridgehead atoms. The van der Waals surface area contributed by atoms with Crippen LogP contribution in [0, 0.1) is 5.82 Å². The van der Waals surface area contributed by atoms with E-state index in [9.17, 15) is 18.8 Å². The summed E-state index contributed by atoms with van der Waals surface area (Å²) in [5.41, 5.74) is 2.23. The molecular formula is C20H23FN6O5S. The monoisotopic (exact) mass is 478 g/mol. The number of ketones is 1. The summed E-state index contributed by atoms with van der Waals surface area (Å²) in [7, 11) is 0. The van der Waals surface area contributed by atoms with E-state index in [1.54, 1.807) is 17.0 Å². The molecule has 0 spiro atoms. The largest absolute Gasteiger partial charge is 0.444 e. The number of hydroxylamine groups is 2. The number of hydrogen-bond donors (Lipinski definition) is 1. The number of aromatic nitrogens is 2. The van der Waals surface area contributed by atoms with E-state index in [0.717, 1.165) is 0 Å². The Morgan fingerprint density at radius 1 is 1.30 bits per heavy atom. The van der Waals surface area contributed by atoms with Crippen molar-refractivity contribution in [3.8, 4) is 0 Å². The van der Waals surface area contributed by atoms with Crippen LogP contribution in [0.4, 0.5) is 30.5 Å². The maximum Gasteiger partial charge on any atom is 0.414 e. The van der Waals surface area contributed by atoms with Gasteiger partial charge in [0.05, 0.1) is 31.1 Å². The van der Waals surface area contributed by atoms with Crippen LogP contribution in [0.25, 0.3) is 0 Å². The third kappa shape index (κ3) is 5.54. The average molecular weight is 479 g/mol. The van der Waals surface area contributed by atoms with E-state index in [4.69, 9.17) is 9.57 Å². The summed E-state index contributed by atoms with van der Waals surface area (Å²) < 4.78 is 20.3. The highest BCUT2D eigenvalue weighted by Gasteiger charge is 2.33. The Kier molecular flexibility index (Phi) is 6.99. The summed E-state index contributed by atoms with van der Waals surface area (Å²) in [6, 6.07) is 4.06. The Morgan fingerprint density at radius 3 is 2.88 bits per heavy atom. The number of anilines is 3. The van der Waals surface area contributed by atoms with Gasteiger partial charge < -0.3 is 14.4 Å². The smallest absolute Gasteiger partial charge is 0.414 e. The second-order valence-electron chi connectivity index (χ2n) is 7.59. The lowest BCUT2D eigenvalue weighted by molar-refractivity contribution is -0.117. The quantitative estimate of drug-likeness (QED) is 0.674. The van der Waals surface area contributed by atoms with Gasteiger partial charge in [0.1, 0.15) is 23.2 Å². The maximum atomic E-state index is 15.0. The first-order chi connectivity index (χ1) is 15.9. The zero-order valence-electron chi connectivity index (χ0n) is 17.9. The Morgan fingerprint density at radius 2 is 2.15 bits per heavy atom. The zero-order chi connectivity index (χ0) is 23.4. The molecule has 2 saturated heterocycles. The molecule has 2 aliphatic heterocycles. The average Bonchev–Trinajstić information content (AvgIpc) is 3.35. The van der Waals surface area contributed by atoms with Crippen molar-refractivity contribution >= 4 is 45.8 Å². The van der Waals surface area contributed by atoms with Crippen molar-refractivity contribution < 1.29 is 28.3 Å². The van der Waals surface area contributed by atoms with Crippen LogP contribution in [0.15, 0.2) is 23.7 Å². The number of urea groups is 1. The van der Waals surface area contributed by atoms with Gasteiger partial charge in [-0.1, -0.05) is 11.3 Å². The number of Topliss-reactive ketones (excluding diaryl/α,β-unsaturated/α-hetero) is 1. The van der Waals surface area contributed by atoms with E-state index in [1.165, 1.54) is 39.8 Å². The first kappa shape index (κ1) is 22.9. The number of halogens is 1. The number of amides is 3. The van der Waals surface area contributed by atoms with Gasteiger partial charge >= 0.3 is 12.1 Å². The molecule has 0 saturated carbocycles. The standard InChI is InChI=1S/C20H23FN6O5S/c1-13(28)2-4-15-11-26(20(30)32-15)14-3-5-17(16(21)10-14)25-6-7-27(31-9-8-25)19(29)23-18-24-22-12-33-18/h3,5,10,12,15H,2,4,6-9,11H2,1H3,(H,23,24,29)/t15-/m0/s1. The van der Waals surface area contributed by atoms with E-state index in [1.807, 2.05) is 0 Å². The second-order valence-corrected chi connectivity index (χ2v) is 8.42. The predicted octanol–water partition coefficient (Wildman–Crippen LogP) is 2.66. The zero-order valence-corrected chi connectivity index (χ0v) is 18.7. The fourth-order valence-electron chi connectivity index (χ4n) is 3.60. The summed E-state index contributed by atoms with van der Waals surface area (Å²) in [5, 5.41) is 11.5. The van der Waals surface area contributed by atoms with E-state index >= 15 is 0 Å². The topological polar surface area (TPSA) is 117 Å². The molecule has 13 heteroatoms. The van der Waals surface area contributed by atoms with Gasteiger partial charge in [-0.2, -0.15) is 0 Å². The summed E-state index contributed by atoms with van der Waals surface area (Å²) in [6.45, 7) is 2.86. The number of hydrogen-bond acceptors (Lipinski definition) is 9. The Labute approximate surface area is 193 Å². The highest BCUT2D eigenvalue weighted by atomic mass is 32.1. The number of rotatable bonds is 6. The van der Waals surface area contributed by atoms with Crippen LogP contribution in [-0.4, -0.2) is 72.1 Å².